The average molecular weight is 313 g/mol. The monoisotopic (exact) mass is 312 g/mol. The van der Waals surface area contributed by atoms with Crippen LogP contribution in [0.1, 0.15) is 24.3 Å². The van der Waals surface area contributed by atoms with Gasteiger partial charge in [-0.1, -0.05) is 18.2 Å². The molecule has 1 aromatic rings. The van der Waals surface area contributed by atoms with Crippen molar-refractivity contribution in [3.05, 3.63) is 29.8 Å². The van der Waals surface area contributed by atoms with Crippen molar-refractivity contribution in [1.82, 2.24) is 10.6 Å². The Morgan fingerprint density at radius 1 is 1.43 bits per heavy atom. The highest BCUT2D eigenvalue weighted by atomic mass is 35.5. The summed E-state index contributed by atoms with van der Waals surface area (Å²) in [6, 6.07) is 7.72. The van der Waals surface area contributed by atoms with Crippen LogP contribution in [0.5, 0.6) is 5.75 Å². The number of aliphatic hydroxyl groups excluding tert-OH is 1. The first-order chi connectivity index (χ1) is 9.74. The van der Waals surface area contributed by atoms with Crippen LogP contribution < -0.4 is 15.4 Å². The van der Waals surface area contributed by atoms with Gasteiger partial charge in [-0.25, -0.2) is 0 Å². The number of hydrogen-bond donors (Lipinski definition) is 3. The molecule has 1 amide bonds. The van der Waals surface area contributed by atoms with Crippen molar-refractivity contribution in [2.24, 2.45) is 0 Å². The minimum absolute atomic E-state index is 0. The molecular weight excluding hydrogens is 292 g/mol. The van der Waals surface area contributed by atoms with E-state index in [9.17, 15) is 9.90 Å². The van der Waals surface area contributed by atoms with Crippen LogP contribution in [0.4, 0.5) is 0 Å². The van der Waals surface area contributed by atoms with Gasteiger partial charge in [-0.05, 0) is 24.5 Å². The highest BCUT2D eigenvalue weighted by Crippen LogP contribution is 2.32. The SMILES string of the molecule is Cl.O=C(NCC1CCOc2ccccc21)C1CC(O)CN1. The van der Waals surface area contributed by atoms with Crippen LogP contribution in [-0.2, 0) is 4.79 Å². The van der Waals surface area contributed by atoms with E-state index in [1.54, 1.807) is 0 Å². The lowest BCUT2D eigenvalue weighted by Crippen LogP contribution is -2.42. The predicted molar refractivity (Wildman–Crippen MR) is 82.0 cm³/mol. The van der Waals surface area contributed by atoms with E-state index in [1.807, 2.05) is 18.2 Å². The second-order valence-electron chi connectivity index (χ2n) is 5.47. The Morgan fingerprint density at radius 2 is 2.24 bits per heavy atom. The fourth-order valence-corrected chi connectivity index (χ4v) is 2.89. The molecule has 0 bridgehead atoms. The normalized spacial score (nSPS) is 27.2. The number of carbonyl (C=O) groups is 1. The van der Waals surface area contributed by atoms with Crippen molar-refractivity contribution in [2.75, 3.05) is 19.7 Å². The van der Waals surface area contributed by atoms with Crippen molar-refractivity contribution in [1.29, 1.82) is 0 Å². The molecule has 1 fully saturated rings. The maximum atomic E-state index is 12.0. The number of aliphatic hydroxyl groups is 1. The van der Waals surface area contributed by atoms with E-state index in [4.69, 9.17) is 4.74 Å². The van der Waals surface area contributed by atoms with Gasteiger partial charge in [0.05, 0.1) is 18.8 Å². The standard InChI is InChI=1S/C15H20N2O3.ClH/c18-11-7-13(16-9-11)15(19)17-8-10-5-6-20-14-4-2-1-3-12(10)14;/h1-4,10-11,13,16,18H,5-9H2,(H,17,19);1H. The third-order valence-electron chi connectivity index (χ3n) is 4.03. The lowest BCUT2D eigenvalue weighted by Gasteiger charge is -2.26. The first kappa shape index (κ1) is 16.1. The molecule has 3 rings (SSSR count). The number of ether oxygens (including phenoxy) is 1. The Labute approximate surface area is 130 Å². The molecule has 3 unspecified atom stereocenters. The Bertz CT molecular complexity index is 498. The minimum Gasteiger partial charge on any atom is -0.493 e. The van der Waals surface area contributed by atoms with Gasteiger partial charge in [-0.15, -0.1) is 12.4 Å². The van der Waals surface area contributed by atoms with Crippen LogP contribution in [-0.4, -0.2) is 42.9 Å². The molecular formula is C15H21ClN2O3. The van der Waals surface area contributed by atoms with Crippen molar-refractivity contribution in [2.45, 2.75) is 30.9 Å². The molecule has 2 heterocycles. The molecule has 0 spiro atoms. The molecule has 5 nitrogen and oxygen atoms in total. The summed E-state index contributed by atoms with van der Waals surface area (Å²) in [7, 11) is 0. The zero-order valence-electron chi connectivity index (χ0n) is 11.7. The van der Waals surface area contributed by atoms with Gasteiger partial charge in [0.1, 0.15) is 5.75 Å². The van der Waals surface area contributed by atoms with Crippen LogP contribution in [0.15, 0.2) is 24.3 Å². The smallest absolute Gasteiger partial charge is 0.237 e. The summed E-state index contributed by atoms with van der Waals surface area (Å²) in [5.41, 5.74) is 1.17. The molecule has 0 radical (unpaired) electrons. The van der Waals surface area contributed by atoms with Gasteiger partial charge < -0.3 is 20.5 Å². The molecule has 1 saturated heterocycles. The number of amides is 1. The largest absolute Gasteiger partial charge is 0.493 e. The summed E-state index contributed by atoms with van der Waals surface area (Å²) in [5, 5.41) is 15.5. The predicted octanol–water partition coefficient (Wildman–Crippen LogP) is 0.813. The van der Waals surface area contributed by atoms with E-state index in [0.29, 0.717) is 32.0 Å². The Kier molecular flexibility index (Phi) is 5.45. The molecule has 6 heteroatoms. The summed E-state index contributed by atoms with van der Waals surface area (Å²) in [6.45, 7) is 1.81. The number of para-hydroxylation sites is 1. The molecule has 0 aromatic heterocycles. The molecule has 3 N–H and O–H groups in total. The Morgan fingerprint density at radius 3 is 3.00 bits per heavy atom. The number of fused-ring (bicyclic) bond motifs is 1. The number of β-amino-alcohol motifs (C(OH)–C–C–N with tert-alkyl or cyclic N) is 1. The maximum Gasteiger partial charge on any atom is 0.237 e. The van der Waals surface area contributed by atoms with E-state index < -0.39 is 6.10 Å². The van der Waals surface area contributed by atoms with E-state index in [0.717, 1.165) is 12.2 Å². The second-order valence-corrected chi connectivity index (χ2v) is 5.47. The van der Waals surface area contributed by atoms with Crippen LogP contribution in [0.3, 0.4) is 0 Å². The van der Waals surface area contributed by atoms with Gasteiger partial charge >= 0.3 is 0 Å². The van der Waals surface area contributed by atoms with Crippen molar-refractivity contribution >= 4 is 18.3 Å². The van der Waals surface area contributed by atoms with Gasteiger partial charge in [0.15, 0.2) is 0 Å². The fourth-order valence-electron chi connectivity index (χ4n) is 2.89. The van der Waals surface area contributed by atoms with E-state index >= 15 is 0 Å². The number of rotatable bonds is 3. The summed E-state index contributed by atoms with van der Waals surface area (Å²) in [5.74, 6) is 1.20. The molecule has 116 valence electrons. The summed E-state index contributed by atoms with van der Waals surface area (Å²) < 4.78 is 5.62. The first-order valence-corrected chi connectivity index (χ1v) is 7.15. The molecule has 2 aliphatic rings. The van der Waals surface area contributed by atoms with E-state index in [-0.39, 0.29) is 24.4 Å². The van der Waals surface area contributed by atoms with Crippen LogP contribution in [0.2, 0.25) is 0 Å². The van der Waals surface area contributed by atoms with Crippen molar-refractivity contribution < 1.29 is 14.6 Å². The number of benzene rings is 1. The second kappa shape index (κ2) is 7.11. The fraction of sp³-hybridized carbons (Fsp3) is 0.533. The quantitative estimate of drug-likeness (QED) is 0.772. The van der Waals surface area contributed by atoms with Gasteiger partial charge in [-0.3, -0.25) is 4.79 Å². The third-order valence-corrected chi connectivity index (χ3v) is 4.03. The molecule has 2 aliphatic heterocycles. The van der Waals surface area contributed by atoms with Gasteiger partial charge in [0.25, 0.3) is 0 Å². The number of hydrogen-bond acceptors (Lipinski definition) is 4. The first-order valence-electron chi connectivity index (χ1n) is 7.15. The molecule has 3 atom stereocenters. The molecule has 0 aliphatic carbocycles. The van der Waals surface area contributed by atoms with E-state index in [2.05, 4.69) is 16.7 Å². The number of halogens is 1. The highest BCUT2D eigenvalue weighted by molar-refractivity contribution is 5.85. The highest BCUT2D eigenvalue weighted by Gasteiger charge is 2.29. The number of nitrogens with one attached hydrogen (secondary N) is 2. The average Bonchev–Trinajstić information content (AvgIpc) is 2.91. The summed E-state index contributed by atoms with van der Waals surface area (Å²) in [6.07, 6.45) is 1.00. The van der Waals surface area contributed by atoms with Crippen LogP contribution >= 0.6 is 12.4 Å². The maximum absolute atomic E-state index is 12.0. The van der Waals surface area contributed by atoms with Crippen LogP contribution in [0.25, 0.3) is 0 Å². The van der Waals surface area contributed by atoms with Gasteiger partial charge in [-0.2, -0.15) is 0 Å². The third kappa shape index (κ3) is 3.67. The molecule has 1 aromatic carbocycles. The lowest BCUT2D eigenvalue weighted by atomic mass is 9.93. The van der Waals surface area contributed by atoms with Gasteiger partial charge in [0.2, 0.25) is 5.91 Å². The zero-order chi connectivity index (χ0) is 13.9. The molecule has 0 saturated carbocycles. The Balaban J connectivity index is 0.00000161. The summed E-state index contributed by atoms with van der Waals surface area (Å²) in [4.78, 5) is 12.0. The van der Waals surface area contributed by atoms with Crippen molar-refractivity contribution in [3.63, 3.8) is 0 Å². The van der Waals surface area contributed by atoms with E-state index in [1.165, 1.54) is 5.56 Å². The van der Waals surface area contributed by atoms with Crippen molar-refractivity contribution in [3.8, 4) is 5.75 Å². The summed E-state index contributed by atoms with van der Waals surface area (Å²) >= 11 is 0. The number of carbonyl (C=O) groups excluding carboxylic acids is 1. The molecule has 21 heavy (non-hydrogen) atoms. The topological polar surface area (TPSA) is 70.6 Å². The Hall–Kier alpha value is -1.30. The van der Waals surface area contributed by atoms with Gasteiger partial charge in [0, 0.05) is 19.0 Å². The minimum atomic E-state index is -0.408. The lowest BCUT2D eigenvalue weighted by molar-refractivity contribution is -0.123. The zero-order valence-corrected chi connectivity index (χ0v) is 12.6. The van der Waals surface area contributed by atoms with Crippen LogP contribution in [0, 0.1) is 0 Å².